The number of rotatable bonds is 0. The predicted octanol–water partition coefficient (Wildman–Crippen LogP) is 1.21. The van der Waals surface area contributed by atoms with Gasteiger partial charge in [-0.3, -0.25) is 0 Å². The van der Waals surface area contributed by atoms with Crippen LogP contribution in [0.15, 0.2) is 0 Å². The van der Waals surface area contributed by atoms with E-state index < -0.39 is 0 Å². The third kappa shape index (κ3) is 1.22. The Labute approximate surface area is 51.5 Å². The lowest BCUT2D eigenvalue weighted by atomic mass is 9.90. The first-order chi connectivity index (χ1) is 3.80. The molecule has 1 fully saturated rings. The second-order valence-corrected chi connectivity index (χ2v) is 2.70. The predicted molar refractivity (Wildman–Crippen MR) is 35.6 cm³/mol. The van der Waals surface area contributed by atoms with Crippen molar-refractivity contribution in [2.24, 2.45) is 5.92 Å². The van der Waals surface area contributed by atoms with Crippen LogP contribution in [-0.2, 0) is 0 Å². The molecule has 1 nitrogen and oxygen atoms in total. The minimum Gasteiger partial charge on any atom is -0.316 e. The largest absolute Gasteiger partial charge is 0.316 e. The number of nitrogens with one attached hydrogen (secondary N) is 1. The van der Waals surface area contributed by atoms with Gasteiger partial charge in [-0.05, 0) is 31.3 Å². The molecule has 0 aromatic heterocycles. The smallest absolute Gasteiger partial charge is 0.00177 e. The van der Waals surface area contributed by atoms with Crippen molar-refractivity contribution in [3.63, 3.8) is 0 Å². The molecule has 0 aliphatic carbocycles. The van der Waals surface area contributed by atoms with E-state index in [4.69, 9.17) is 0 Å². The van der Waals surface area contributed by atoms with Gasteiger partial charge in [0.15, 0.2) is 0 Å². The lowest BCUT2D eigenvalue weighted by Gasteiger charge is -2.25. The molecule has 0 spiro atoms. The first kappa shape index (κ1) is 6.09. The highest BCUT2D eigenvalue weighted by molar-refractivity contribution is 4.94. The fourth-order valence-corrected chi connectivity index (χ4v) is 1.02. The number of hydrogen-bond acceptors (Lipinski definition) is 1. The Morgan fingerprint density at radius 1 is 1.62 bits per heavy atom. The SMILES string of the molecule is C[C]1CCNCC1C. The molecule has 1 N–H and O–H groups in total. The molecule has 1 atom stereocenters. The normalized spacial score (nSPS) is 33.0. The van der Waals surface area contributed by atoms with Crippen LogP contribution in [0.1, 0.15) is 20.3 Å². The molecular weight excluding hydrogens is 98.1 g/mol. The Morgan fingerprint density at radius 3 is 2.75 bits per heavy atom. The van der Waals surface area contributed by atoms with Crippen LogP contribution in [0.2, 0.25) is 0 Å². The van der Waals surface area contributed by atoms with Crippen molar-refractivity contribution >= 4 is 0 Å². The molecule has 1 heterocycles. The van der Waals surface area contributed by atoms with Crippen LogP contribution >= 0.6 is 0 Å². The Hall–Kier alpha value is -0.0400. The van der Waals surface area contributed by atoms with E-state index in [2.05, 4.69) is 19.2 Å². The van der Waals surface area contributed by atoms with Gasteiger partial charge in [0, 0.05) is 0 Å². The van der Waals surface area contributed by atoms with Gasteiger partial charge in [-0.15, -0.1) is 0 Å². The molecule has 1 unspecified atom stereocenters. The third-order valence-corrected chi connectivity index (χ3v) is 1.99. The molecule has 0 amide bonds. The van der Waals surface area contributed by atoms with Gasteiger partial charge >= 0.3 is 0 Å². The fourth-order valence-electron chi connectivity index (χ4n) is 1.02. The molecule has 47 valence electrons. The van der Waals surface area contributed by atoms with Gasteiger partial charge < -0.3 is 5.32 Å². The average Bonchev–Trinajstić information content (AvgIpc) is 1.77. The van der Waals surface area contributed by atoms with Crippen molar-refractivity contribution in [2.45, 2.75) is 20.3 Å². The van der Waals surface area contributed by atoms with Crippen molar-refractivity contribution in [1.29, 1.82) is 0 Å². The van der Waals surface area contributed by atoms with Crippen molar-refractivity contribution in [3.05, 3.63) is 5.92 Å². The van der Waals surface area contributed by atoms with E-state index >= 15 is 0 Å². The summed E-state index contributed by atoms with van der Waals surface area (Å²) in [5, 5.41) is 3.34. The molecule has 1 heteroatoms. The summed E-state index contributed by atoms with van der Waals surface area (Å²) in [6.45, 7) is 6.91. The van der Waals surface area contributed by atoms with E-state index in [1.165, 1.54) is 19.5 Å². The van der Waals surface area contributed by atoms with Crippen LogP contribution in [0.5, 0.6) is 0 Å². The quantitative estimate of drug-likeness (QED) is 0.496. The van der Waals surface area contributed by atoms with Crippen LogP contribution in [-0.4, -0.2) is 13.1 Å². The minimum absolute atomic E-state index is 0.809. The Balaban J connectivity index is 2.28. The Kier molecular flexibility index (Phi) is 1.90. The summed E-state index contributed by atoms with van der Waals surface area (Å²) in [6, 6.07) is 0. The van der Waals surface area contributed by atoms with Crippen LogP contribution in [0, 0.1) is 11.8 Å². The van der Waals surface area contributed by atoms with Crippen LogP contribution in [0.4, 0.5) is 0 Å². The molecule has 1 radical (unpaired) electrons. The van der Waals surface area contributed by atoms with Gasteiger partial charge in [0.2, 0.25) is 0 Å². The molecular formula is C7H14N. The maximum absolute atomic E-state index is 3.34. The summed E-state index contributed by atoms with van der Waals surface area (Å²) in [6.07, 6.45) is 1.28. The number of piperidine rings is 1. The van der Waals surface area contributed by atoms with E-state index in [1.54, 1.807) is 5.92 Å². The van der Waals surface area contributed by atoms with E-state index in [1.807, 2.05) is 0 Å². The van der Waals surface area contributed by atoms with Gasteiger partial charge in [-0.25, -0.2) is 0 Å². The zero-order chi connectivity index (χ0) is 5.98. The molecule has 0 aromatic carbocycles. The summed E-state index contributed by atoms with van der Waals surface area (Å²) in [4.78, 5) is 0. The van der Waals surface area contributed by atoms with E-state index in [9.17, 15) is 0 Å². The zero-order valence-electron chi connectivity index (χ0n) is 5.70. The van der Waals surface area contributed by atoms with Crippen molar-refractivity contribution < 1.29 is 0 Å². The van der Waals surface area contributed by atoms with Gasteiger partial charge in [-0.1, -0.05) is 13.8 Å². The minimum atomic E-state index is 0.809. The fraction of sp³-hybridized carbons (Fsp3) is 0.857. The lowest BCUT2D eigenvalue weighted by molar-refractivity contribution is 0.442. The molecule has 1 saturated heterocycles. The molecule has 0 aromatic rings. The maximum Gasteiger partial charge on any atom is -0.00177 e. The molecule has 1 aliphatic heterocycles. The summed E-state index contributed by atoms with van der Waals surface area (Å²) < 4.78 is 0. The summed E-state index contributed by atoms with van der Waals surface area (Å²) in [7, 11) is 0. The first-order valence-corrected chi connectivity index (χ1v) is 3.33. The Morgan fingerprint density at radius 2 is 2.38 bits per heavy atom. The van der Waals surface area contributed by atoms with Crippen LogP contribution in [0.25, 0.3) is 0 Å². The molecule has 8 heavy (non-hydrogen) atoms. The first-order valence-electron chi connectivity index (χ1n) is 3.33. The highest BCUT2D eigenvalue weighted by Crippen LogP contribution is 2.18. The summed E-state index contributed by atoms with van der Waals surface area (Å²) in [5.41, 5.74) is 0. The molecule has 1 aliphatic rings. The topological polar surface area (TPSA) is 12.0 Å². The van der Waals surface area contributed by atoms with Crippen LogP contribution < -0.4 is 5.32 Å². The summed E-state index contributed by atoms with van der Waals surface area (Å²) >= 11 is 0. The highest BCUT2D eigenvalue weighted by atomic mass is 14.9. The summed E-state index contributed by atoms with van der Waals surface area (Å²) in [5.74, 6) is 2.47. The van der Waals surface area contributed by atoms with E-state index in [0.29, 0.717) is 0 Å². The van der Waals surface area contributed by atoms with Gasteiger partial charge in [-0.2, -0.15) is 0 Å². The average molecular weight is 112 g/mol. The van der Waals surface area contributed by atoms with Crippen molar-refractivity contribution in [3.8, 4) is 0 Å². The van der Waals surface area contributed by atoms with Crippen molar-refractivity contribution in [1.82, 2.24) is 5.32 Å². The Bertz CT molecular complexity index is 60.8. The van der Waals surface area contributed by atoms with Crippen molar-refractivity contribution in [2.75, 3.05) is 13.1 Å². The third-order valence-electron chi connectivity index (χ3n) is 1.99. The van der Waals surface area contributed by atoms with Crippen LogP contribution in [0.3, 0.4) is 0 Å². The molecule has 1 rings (SSSR count). The number of hydrogen-bond donors (Lipinski definition) is 1. The highest BCUT2D eigenvalue weighted by Gasteiger charge is 2.15. The monoisotopic (exact) mass is 112 g/mol. The second-order valence-electron chi connectivity index (χ2n) is 2.70. The van der Waals surface area contributed by atoms with Gasteiger partial charge in [0.25, 0.3) is 0 Å². The second kappa shape index (κ2) is 2.49. The lowest BCUT2D eigenvalue weighted by Crippen LogP contribution is -2.32. The van der Waals surface area contributed by atoms with E-state index in [0.717, 1.165) is 5.92 Å². The molecule has 0 saturated carbocycles. The zero-order valence-corrected chi connectivity index (χ0v) is 5.70. The van der Waals surface area contributed by atoms with E-state index in [-0.39, 0.29) is 0 Å². The maximum atomic E-state index is 3.34. The molecule has 0 bridgehead atoms. The van der Waals surface area contributed by atoms with Gasteiger partial charge in [0.1, 0.15) is 0 Å². The van der Waals surface area contributed by atoms with Gasteiger partial charge in [0.05, 0.1) is 0 Å². The standard InChI is InChI=1S/C7H14N/c1-6-3-4-8-5-7(6)2/h7-8H,3-5H2,1-2H3.